The summed E-state index contributed by atoms with van der Waals surface area (Å²) in [5, 5.41) is -0.801. The molecule has 116 valence electrons. The summed E-state index contributed by atoms with van der Waals surface area (Å²) >= 11 is 0. The maximum Gasteiger partial charge on any atom is 0.237 e. The van der Waals surface area contributed by atoms with Crippen molar-refractivity contribution >= 4 is 25.6 Å². The van der Waals surface area contributed by atoms with Crippen molar-refractivity contribution in [3.05, 3.63) is 35.9 Å². The first-order valence-corrected chi connectivity index (χ1v) is 9.09. The van der Waals surface area contributed by atoms with Crippen LogP contribution in [0.2, 0.25) is 0 Å². The van der Waals surface area contributed by atoms with E-state index >= 15 is 0 Å². The molecule has 1 aromatic rings. The van der Waals surface area contributed by atoms with Gasteiger partial charge in [0.2, 0.25) is 15.0 Å². The van der Waals surface area contributed by atoms with Crippen LogP contribution in [0.5, 0.6) is 0 Å². The second-order valence-electron chi connectivity index (χ2n) is 5.49. The van der Waals surface area contributed by atoms with Crippen molar-refractivity contribution in [3.63, 3.8) is 0 Å². The summed E-state index contributed by atoms with van der Waals surface area (Å²) < 4.78 is 22.8. The van der Waals surface area contributed by atoms with E-state index in [4.69, 9.17) is 10.7 Å². The van der Waals surface area contributed by atoms with Crippen LogP contribution in [0.3, 0.4) is 0 Å². The van der Waals surface area contributed by atoms with Crippen molar-refractivity contribution in [2.75, 3.05) is 27.2 Å². The number of halogens is 1. The molecule has 0 spiro atoms. The predicted molar refractivity (Wildman–Crippen MR) is 82.6 cm³/mol. The fraction of sp³-hybridized carbons (Fsp3) is 0.500. The van der Waals surface area contributed by atoms with Gasteiger partial charge in [0.25, 0.3) is 0 Å². The van der Waals surface area contributed by atoms with E-state index in [0.717, 1.165) is 5.56 Å². The SMILES string of the molecule is CN(C)C(CN1CC(S(=O)(=O)Cl)CC1=O)c1ccccc1. The molecule has 0 aliphatic carbocycles. The molecule has 0 bridgehead atoms. The van der Waals surface area contributed by atoms with Gasteiger partial charge in [-0.25, -0.2) is 8.42 Å². The van der Waals surface area contributed by atoms with Crippen LogP contribution in [-0.2, 0) is 13.8 Å². The second kappa shape index (κ2) is 6.34. The van der Waals surface area contributed by atoms with Crippen LogP contribution < -0.4 is 0 Å². The number of carbonyl (C=O) groups is 1. The van der Waals surface area contributed by atoms with Gasteiger partial charge in [0.05, 0.1) is 6.04 Å². The molecule has 7 heteroatoms. The Morgan fingerprint density at radius 3 is 2.43 bits per heavy atom. The summed E-state index contributed by atoms with van der Waals surface area (Å²) in [5.41, 5.74) is 1.09. The molecule has 1 heterocycles. The molecule has 1 aliphatic rings. The van der Waals surface area contributed by atoms with E-state index in [0.29, 0.717) is 6.54 Å². The lowest BCUT2D eigenvalue weighted by Gasteiger charge is -2.29. The van der Waals surface area contributed by atoms with Gasteiger partial charge < -0.3 is 9.80 Å². The van der Waals surface area contributed by atoms with Crippen LogP contribution in [-0.4, -0.2) is 56.6 Å². The molecule has 21 heavy (non-hydrogen) atoms. The van der Waals surface area contributed by atoms with Crippen molar-refractivity contribution in [2.45, 2.75) is 17.7 Å². The van der Waals surface area contributed by atoms with E-state index < -0.39 is 14.3 Å². The molecule has 2 atom stereocenters. The van der Waals surface area contributed by atoms with Crippen molar-refractivity contribution in [3.8, 4) is 0 Å². The molecule has 1 fully saturated rings. The lowest BCUT2D eigenvalue weighted by atomic mass is 10.1. The lowest BCUT2D eigenvalue weighted by molar-refractivity contribution is -0.128. The fourth-order valence-corrected chi connectivity index (χ4v) is 3.61. The zero-order valence-corrected chi connectivity index (χ0v) is 13.6. The van der Waals surface area contributed by atoms with Gasteiger partial charge >= 0.3 is 0 Å². The van der Waals surface area contributed by atoms with E-state index in [-0.39, 0.29) is 24.9 Å². The first-order chi connectivity index (χ1) is 9.79. The Balaban J connectivity index is 2.14. The third kappa shape index (κ3) is 3.96. The van der Waals surface area contributed by atoms with Crippen LogP contribution in [0.25, 0.3) is 0 Å². The molecule has 5 nitrogen and oxygen atoms in total. The highest BCUT2D eigenvalue weighted by molar-refractivity contribution is 8.14. The Morgan fingerprint density at radius 1 is 1.33 bits per heavy atom. The maximum atomic E-state index is 12.0. The van der Waals surface area contributed by atoms with E-state index in [9.17, 15) is 13.2 Å². The van der Waals surface area contributed by atoms with Crippen LogP contribution in [0.15, 0.2) is 30.3 Å². The maximum absolute atomic E-state index is 12.0. The number of hydrogen-bond donors (Lipinski definition) is 0. The summed E-state index contributed by atoms with van der Waals surface area (Å²) in [6.07, 6.45) is -0.0270. The van der Waals surface area contributed by atoms with Gasteiger partial charge in [-0.1, -0.05) is 30.3 Å². The molecule has 1 aliphatic heterocycles. The molecule has 2 rings (SSSR count). The zero-order chi connectivity index (χ0) is 15.6. The molecule has 0 aromatic heterocycles. The minimum absolute atomic E-state index is 0.0203. The van der Waals surface area contributed by atoms with Crippen LogP contribution in [0.1, 0.15) is 18.0 Å². The minimum Gasteiger partial charge on any atom is -0.339 e. The quantitative estimate of drug-likeness (QED) is 0.767. The van der Waals surface area contributed by atoms with Crippen molar-refractivity contribution < 1.29 is 13.2 Å². The Bertz CT molecular complexity index is 604. The third-order valence-electron chi connectivity index (χ3n) is 3.78. The third-order valence-corrected chi connectivity index (χ3v) is 5.65. The molecular weight excluding hydrogens is 312 g/mol. The average Bonchev–Trinajstić information content (AvgIpc) is 2.78. The number of carbonyl (C=O) groups excluding carboxylic acids is 1. The first-order valence-electron chi connectivity index (χ1n) is 6.71. The Kier molecular flexibility index (Phi) is 4.91. The molecule has 0 saturated carbocycles. The highest BCUT2D eigenvalue weighted by atomic mass is 35.7. The highest BCUT2D eigenvalue weighted by Gasteiger charge is 2.38. The smallest absolute Gasteiger partial charge is 0.237 e. The molecule has 1 saturated heterocycles. The number of rotatable bonds is 5. The monoisotopic (exact) mass is 330 g/mol. The molecular formula is C14H19ClN2O3S. The number of hydrogen-bond acceptors (Lipinski definition) is 4. The zero-order valence-electron chi connectivity index (χ0n) is 12.1. The van der Waals surface area contributed by atoms with Crippen molar-refractivity contribution in [1.29, 1.82) is 0 Å². The molecule has 1 amide bonds. The van der Waals surface area contributed by atoms with E-state index in [2.05, 4.69) is 0 Å². The summed E-state index contributed by atoms with van der Waals surface area (Å²) in [6.45, 7) is 0.626. The number of benzene rings is 1. The van der Waals surface area contributed by atoms with Crippen molar-refractivity contribution in [1.82, 2.24) is 9.80 Å². The Morgan fingerprint density at radius 2 is 1.95 bits per heavy atom. The van der Waals surface area contributed by atoms with Crippen molar-refractivity contribution in [2.24, 2.45) is 0 Å². The number of likely N-dealkylation sites (tertiary alicyclic amines) is 1. The van der Waals surface area contributed by atoms with Gasteiger partial charge in [-0.05, 0) is 19.7 Å². The van der Waals surface area contributed by atoms with E-state index in [1.807, 2.05) is 49.3 Å². The molecule has 0 radical (unpaired) electrons. The van der Waals surface area contributed by atoms with Gasteiger partial charge in [-0.2, -0.15) is 0 Å². The standard InChI is InChI=1S/C14H19ClN2O3S/c1-16(2)13(11-6-4-3-5-7-11)10-17-9-12(8-14(17)18)21(15,19)20/h3-7,12-13H,8-10H2,1-2H3. The van der Waals surface area contributed by atoms with Crippen LogP contribution in [0.4, 0.5) is 0 Å². The van der Waals surface area contributed by atoms with Gasteiger partial charge in [0.1, 0.15) is 5.25 Å². The summed E-state index contributed by atoms with van der Waals surface area (Å²) in [5.74, 6) is -0.160. The molecule has 1 aromatic carbocycles. The number of nitrogens with zero attached hydrogens (tertiary/aromatic N) is 2. The Labute approximate surface area is 129 Å². The summed E-state index contributed by atoms with van der Waals surface area (Å²) in [7, 11) is 5.55. The average molecular weight is 331 g/mol. The predicted octanol–water partition coefficient (Wildman–Crippen LogP) is 1.46. The number of likely N-dealkylation sites (N-methyl/N-ethyl adjacent to an activating group) is 1. The van der Waals surface area contributed by atoms with Gasteiger partial charge in [-0.3, -0.25) is 4.79 Å². The lowest BCUT2D eigenvalue weighted by Crippen LogP contribution is -2.36. The Hall–Kier alpha value is -1.11. The van der Waals surface area contributed by atoms with E-state index in [1.165, 1.54) is 0 Å². The minimum atomic E-state index is -3.69. The van der Waals surface area contributed by atoms with Gasteiger partial charge in [-0.15, -0.1) is 0 Å². The first kappa shape index (κ1) is 16.3. The van der Waals surface area contributed by atoms with Crippen LogP contribution >= 0.6 is 10.7 Å². The molecule has 2 unspecified atom stereocenters. The topological polar surface area (TPSA) is 57.7 Å². The number of amides is 1. The summed E-state index contributed by atoms with van der Waals surface area (Å²) in [6, 6.07) is 9.86. The second-order valence-corrected chi connectivity index (χ2v) is 8.40. The highest BCUT2D eigenvalue weighted by Crippen LogP contribution is 2.25. The fourth-order valence-electron chi connectivity index (χ4n) is 2.55. The normalized spacial score (nSPS) is 21.0. The van der Waals surface area contributed by atoms with Gasteiger partial charge in [0, 0.05) is 30.2 Å². The van der Waals surface area contributed by atoms with Gasteiger partial charge in [0.15, 0.2) is 0 Å². The van der Waals surface area contributed by atoms with E-state index in [1.54, 1.807) is 4.90 Å². The van der Waals surface area contributed by atoms with Crippen LogP contribution in [0, 0.1) is 0 Å². The molecule has 0 N–H and O–H groups in total. The summed E-state index contributed by atoms with van der Waals surface area (Å²) in [4.78, 5) is 15.6. The largest absolute Gasteiger partial charge is 0.339 e.